The van der Waals surface area contributed by atoms with Crippen molar-refractivity contribution in [1.29, 1.82) is 0 Å². The molecule has 0 radical (unpaired) electrons. The third-order valence-electron chi connectivity index (χ3n) is 3.29. The van der Waals surface area contributed by atoms with Gasteiger partial charge in [-0.15, -0.1) is 11.3 Å². The molecule has 0 saturated heterocycles. The largest absolute Gasteiger partial charge is 0.486 e. The molecule has 0 bridgehead atoms. The molecule has 2 aromatic rings. The highest BCUT2D eigenvalue weighted by Gasteiger charge is 2.19. The van der Waals surface area contributed by atoms with Crippen molar-refractivity contribution in [3.63, 3.8) is 0 Å². The summed E-state index contributed by atoms with van der Waals surface area (Å²) >= 11 is 1.26. The SMILES string of the molecule is Cc1nc(C)c(C(=O)OCC(=O)c2ccc3c(c2)OCCO3)s1. The molecular weight excluding hydrogens is 318 g/mol. The van der Waals surface area contributed by atoms with Gasteiger partial charge in [-0.05, 0) is 32.0 Å². The number of rotatable bonds is 4. The van der Waals surface area contributed by atoms with Crippen molar-refractivity contribution >= 4 is 23.1 Å². The van der Waals surface area contributed by atoms with Gasteiger partial charge in [0, 0.05) is 5.56 Å². The van der Waals surface area contributed by atoms with Gasteiger partial charge in [0.25, 0.3) is 0 Å². The topological polar surface area (TPSA) is 74.7 Å². The number of Topliss-reactive ketones (excluding diaryl/α,β-unsaturated/α-hetero) is 1. The van der Waals surface area contributed by atoms with Crippen molar-refractivity contribution in [1.82, 2.24) is 4.98 Å². The van der Waals surface area contributed by atoms with Crippen molar-refractivity contribution in [3.05, 3.63) is 39.3 Å². The number of hydrogen-bond donors (Lipinski definition) is 0. The van der Waals surface area contributed by atoms with E-state index in [-0.39, 0.29) is 12.4 Å². The van der Waals surface area contributed by atoms with Crippen molar-refractivity contribution in [2.75, 3.05) is 19.8 Å². The van der Waals surface area contributed by atoms with Crippen LogP contribution in [-0.2, 0) is 4.74 Å². The Bertz CT molecular complexity index is 768. The van der Waals surface area contributed by atoms with Crippen LogP contribution in [0.5, 0.6) is 11.5 Å². The van der Waals surface area contributed by atoms with E-state index < -0.39 is 5.97 Å². The average Bonchev–Trinajstić information content (AvgIpc) is 2.90. The molecule has 0 spiro atoms. The van der Waals surface area contributed by atoms with Gasteiger partial charge in [0.1, 0.15) is 18.1 Å². The molecule has 1 aliphatic rings. The summed E-state index contributed by atoms with van der Waals surface area (Å²) in [6.45, 7) is 4.17. The van der Waals surface area contributed by atoms with Gasteiger partial charge in [-0.25, -0.2) is 9.78 Å². The van der Waals surface area contributed by atoms with Gasteiger partial charge in [0.05, 0.1) is 10.7 Å². The summed E-state index contributed by atoms with van der Waals surface area (Å²) in [4.78, 5) is 28.8. The van der Waals surface area contributed by atoms with Crippen LogP contribution in [-0.4, -0.2) is 36.6 Å². The van der Waals surface area contributed by atoms with E-state index in [1.165, 1.54) is 11.3 Å². The summed E-state index contributed by atoms with van der Waals surface area (Å²) in [5, 5.41) is 0.785. The standard InChI is InChI=1S/C16H15NO5S/c1-9-15(23-10(2)17-9)16(19)22-8-12(18)11-3-4-13-14(7-11)21-6-5-20-13/h3-4,7H,5-6,8H2,1-2H3. The maximum absolute atomic E-state index is 12.2. The number of hydrogen-bond acceptors (Lipinski definition) is 7. The van der Waals surface area contributed by atoms with E-state index in [0.29, 0.717) is 40.8 Å². The van der Waals surface area contributed by atoms with Crippen LogP contribution < -0.4 is 9.47 Å². The van der Waals surface area contributed by atoms with Gasteiger partial charge < -0.3 is 14.2 Å². The van der Waals surface area contributed by atoms with E-state index >= 15 is 0 Å². The Morgan fingerprint density at radius 3 is 2.65 bits per heavy atom. The molecular formula is C16H15NO5S. The number of aromatic nitrogens is 1. The molecule has 1 aromatic heterocycles. The summed E-state index contributed by atoms with van der Waals surface area (Å²) in [5.74, 6) is 0.316. The van der Waals surface area contributed by atoms with Gasteiger partial charge in [0.15, 0.2) is 23.9 Å². The van der Waals surface area contributed by atoms with Crippen LogP contribution in [0.1, 0.15) is 30.7 Å². The van der Waals surface area contributed by atoms with Crippen LogP contribution in [0, 0.1) is 13.8 Å². The fraction of sp³-hybridized carbons (Fsp3) is 0.312. The second-order valence-corrected chi connectivity index (χ2v) is 6.21. The van der Waals surface area contributed by atoms with Gasteiger partial charge in [-0.1, -0.05) is 0 Å². The zero-order valence-electron chi connectivity index (χ0n) is 12.8. The number of thiazole rings is 1. The number of ether oxygens (including phenoxy) is 3. The Kier molecular flexibility index (Phi) is 4.29. The van der Waals surface area contributed by atoms with E-state index in [1.54, 1.807) is 25.1 Å². The summed E-state index contributed by atoms with van der Waals surface area (Å²) in [7, 11) is 0. The first-order valence-corrected chi connectivity index (χ1v) is 7.90. The first-order chi connectivity index (χ1) is 11.0. The van der Waals surface area contributed by atoms with E-state index in [1.807, 2.05) is 6.92 Å². The second kappa shape index (κ2) is 6.37. The zero-order chi connectivity index (χ0) is 16.4. The minimum absolute atomic E-state index is 0.297. The molecule has 0 N–H and O–H groups in total. The van der Waals surface area contributed by atoms with Crippen LogP contribution >= 0.6 is 11.3 Å². The monoisotopic (exact) mass is 333 g/mol. The fourth-order valence-corrected chi connectivity index (χ4v) is 3.03. The van der Waals surface area contributed by atoms with Crippen molar-refractivity contribution in [2.45, 2.75) is 13.8 Å². The molecule has 1 aliphatic heterocycles. The lowest BCUT2D eigenvalue weighted by molar-refractivity contribution is 0.0478. The quantitative estimate of drug-likeness (QED) is 0.632. The number of ketones is 1. The van der Waals surface area contributed by atoms with Gasteiger partial charge >= 0.3 is 5.97 Å². The van der Waals surface area contributed by atoms with E-state index in [0.717, 1.165) is 5.01 Å². The Balaban J connectivity index is 1.65. The molecule has 0 amide bonds. The van der Waals surface area contributed by atoms with Gasteiger partial charge in [-0.2, -0.15) is 0 Å². The van der Waals surface area contributed by atoms with Crippen LogP contribution in [0.3, 0.4) is 0 Å². The molecule has 1 aromatic carbocycles. The molecule has 6 nitrogen and oxygen atoms in total. The Hall–Kier alpha value is -2.41. The van der Waals surface area contributed by atoms with Crippen molar-refractivity contribution < 1.29 is 23.8 Å². The normalized spacial score (nSPS) is 12.8. The average molecular weight is 333 g/mol. The highest BCUT2D eigenvalue weighted by molar-refractivity contribution is 7.13. The third kappa shape index (κ3) is 3.34. The number of benzene rings is 1. The smallest absolute Gasteiger partial charge is 0.350 e. The molecule has 0 aliphatic carbocycles. The minimum atomic E-state index is -0.529. The number of esters is 1. The predicted molar refractivity (Wildman–Crippen MR) is 83.6 cm³/mol. The second-order valence-electron chi connectivity index (χ2n) is 5.01. The van der Waals surface area contributed by atoms with E-state index in [4.69, 9.17) is 14.2 Å². The lowest BCUT2D eigenvalue weighted by Crippen LogP contribution is -2.17. The summed E-state index contributed by atoms with van der Waals surface area (Å²) in [5.41, 5.74) is 1.03. The molecule has 7 heteroatoms. The molecule has 0 atom stereocenters. The molecule has 0 saturated carbocycles. The first-order valence-electron chi connectivity index (χ1n) is 7.08. The molecule has 0 unspecified atom stereocenters. The highest BCUT2D eigenvalue weighted by Crippen LogP contribution is 2.30. The number of nitrogens with zero attached hydrogens (tertiary/aromatic N) is 1. The summed E-state index contributed by atoms with van der Waals surface area (Å²) < 4.78 is 15.9. The number of carbonyl (C=O) groups excluding carboxylic acids is 2. The maximum atomic E-state index is 12.2. The van der Waals surface area contributed by atoms with Crippen LogP contribution in [0.2, 0.25) is 0 Å². The van der Waals surface area contributed by atoms with Crippen molar-refractivity contribution in [3.8, 4) is 11.5 Å². The van der Waals surface area contributed by atoms with Gasteiger partial charge in [0.2, 0.25) is 0 Å². The third-order valence-corrected chi connectivity index (χ3v) is 4.34. The van der Waals surface area contributed by atoms with Crippen molar-refractivity contribution in [2.24, 2.45) is 0 Å². The number of carbonyl (C=O) groups is 2. The Morgan fingerprint density at radius 1 is 1.22 bits per heavy atom. The summed E-state index contributed by atoms with van der Waals surface area (Å²) in [6.07, 6.45) is 0. The molecule has 0 fully saturated rings. The zero-order valence-corrected chi connectivity index (χ0v) is 13.6. The number of aryl methyl sites for hydroxylation is 2. The lowest BCUT2D eigenvalue weighted by Gasteiger charge is -2.18. The van der Waals surface area contributed by atoms with Crippen LogP contribution in [0.25, 0.3) is 0 Å². The molecule has 23 heavy (non-hydrogen) atoms. The highest BCUT2D eigenvalue weighted by atomic mass is 32.1. The van der Waals surface area contributed by atoms with E-state index in [9.17, 15) is 9.59 Å². The van der Waals surface area contributed by atoms with Crippen LogP contribution in [0.4, 0.5) is 0 Å². The molecule has 2 heterocycles. The lowest BCUT2D eigenvalue weighted by atomic mass is 10.1. The maximum Gasteiger partial charge on any atom is 0.350 e. The predicted octanol–water partition coefficient (Wildman–Crippen LogP) is 2.57. The van der Waals surface area contributed by atoms with E-state index in [2.05, 4.69) is 4.98 Å². The fourth-order valence-electron chi connectivity index (χ4n) is 2.22. The van der Waals surface area contributed by atoms with Crippen LogP contribution in [0.15, 0.2) is 18.2 Å². The first kappa shape index (κ1) is 15.5. The Labute approximate surface area is 137 Å². The number of fused-ring (bicyclic) bond motifs is 1. The minimum Gasteiger partial charge on any atom is -0.486 e. The van der Waals surface area contributed by atoms with Gasteiger partial charge in [-0.3, -0.25) is 4.79 Å². The summed E-state index contributed by atoms with van der Waals surface area (Å²) in [6, 6.07) is 4.92. The Morgan fingerprint density at radius 2 is 1.96 bits per heavy atom. The molecule has 120 valence electrons. The molecule has 3 rings (SSSR count).